The van der Waals surface area contributed by atoms with Crippen molar-refractivity contribution in [2.24, 2.45) is 7.05 Å². The van der Waals surface area contributed by atoms with Crippen LogP contribution in [0.15, 0.2) is 27.4 Å². The van der Waals surface area contributed by atoms with E-state index in [-0.39, 0.29) is 6.03 Å². The van der Waals surface area contributed by atoms with Gasteiger partial charge in [-0.05, 0) is 24.6 Å². The molecule has 0 spiro atoms. The molecule has 2 rings (SSSR count). The van der Waals surface area contributed by atoms with Crippen LogP contribution < -0.4 is 16.4 Å². The van der Waals surface area contributed by atoms with E-state index >= 15 is 0 Å². The van der Waals surface area contributed by atoms with Crippen molar-refractivity contribution in [1.82, 2.24) is 9.88 Å². The maximum Gasteiger partial charge on any atom is 0.419 e. The molecule has 0 aliphatic heterocycles. The zero-order valence-corrected chi connectivity index (χ0v) is 10.3. The second-order valence-electron chi connectivity index (χ2n) is 3.99. The van der Waals surface area contributed by atoms with Crippen molar-refractivity contribution in [3.63, 3.8) is 0 Å². The van der Waals surface area contributed by atoms with E-state index in [0.29, 0.717) is 23.3 Å². The molecule has 1 aromatic heterocycles. The minimum absolute atomic E-state index is 0.260. The summed E-state index contributed by atoms with van der Waals surface area (Å²) < 4.78 is 6.40. The summed E-state index contributed by atoms with van der Waals surface area (Å²) in [6.07, 6.45) is 0.878. The molecule has 1 heterocycles. The number of rotatable bonds is 3. The molecule has 0 atom stereocenters. The Bertz CT molecular complexity index is 627. The van der Waals surface area contributed by atoms with Crippen molar-refractivity contribution >= 4 is 22.8 Å². The van der Waals surface area contributed by atoms with Crippen LogP contribution in [-0.4, -0.2) is 17.1 Å². The van der Waals surface area contributed by atoms with Gasteiger partial charge in [0.2, 0.25) is 0 Å². The van der Waals surface area contributed by atoms with Crippen molar-refractivity contribution in [2.45, 2.75) is 13.3 Å². The van der Waals surface area contributed by atoms with Crippen LogP contribution in [0.4, 0.5) is 10.5 Å². The molecule has 18 heavy (non-hydrogen) atoms. The zero-order valence-electron chi connectivity index (χ0n) is 10.3. The highest BCUT2D eigenvalue weighted by Crippen LogP contribution is 2.17. The normalized spacial score (nSPS) is 10.6. The number of aromatic nitrogens is 1. The molecule has 6 nitrogen and oxygen atoms in total. The van der Waals surface area contributed by atoms with Gasteiger partial charge in [0.15, 0.2) is 5.58 Å². The van der Waals surface area contributed by atoms with E-state index in [1.807, 2.05) is 6.92 Å². The maximum atomic E-state index is 11.5. The number of urea groups is 1. The van der Waals surface area contributed by atoms with Gasteiger partial charge in [0, 0.05) is 19.3 Å². The first-order valence-electron chi connectivity index (χ1n) is 5.76. The number of carbonyl (C=O) groups is 1. The van der Waals surface area contributed by atoms with Crippen molar-refractivity contribution in [3.8, 4) is 0 Å². The Labute approximate surface area is 104 Å². The Balaban J connectivity index is 2.22. The number of fused-ring (bicyclic) bond motifs is 1. The van der Waals surface area contributed by atoms with Gasteiger partial charge in [-0.25, -0.2) is 9.59 Å². The Morgan fingerprint density at radius 1 is 1.44 bits per heavy atom. The summed E-state index contributed by atoms with van der Waals surface area (Å²) in [5.41, 5.74) is 1.77. The third-order valence-corrected chi connectivity index (χ3v) is 2.58. The summed E-state index contributed by atoms with van der Waals surface area (Å²) >= 11 is 0. The van der Waals surface area contributed by atoms with Gasteiger partial charge < -0.3 is 15.1 Å². The van der Waals surface area contributed by atoms with Gasteiger partial charge in [-0.2, -0.15) is 0 Å². The van der Waals surface area contributed by atoms with E-state index in [1.165, 1.54) is 4.57 Å². The molecule has 96 valence electrons. The van der Waals surface area contributed by atoms with E-state index in [2.05, 4.69) is 10.6 Å². The number of carbonyl (C=O) groups excluding carboxylic acids is 1. The average molecular weight is 249 g/mol. The average Bonchev–Trinajstić information content (AvgIpc) is 2.63. The number of nitrogens with zero attached hydrogens (tertiary/aromatic N) is 1. The molecule has 0 radical (unpaired) electrons. The molecule has 2 N–H and O–H groups in total. The largest absolute Gasteiger partial charge is 0.419 e. The standard InChI is InChI=1S/C12H15N3O3/c1-3-6-13-11(16)14-8-4-5-10-9(7-8)15(2)12(17)18-10/h4-5,7H,3,6H2,1-2H3,(H2,13,14,16). The summed E-state index contributed by atoms with van der Waals surface area (Å²) in [6, 6.07) is 4.79. The number of nitrogens with one attached hydrogen (secondary N) is 2. The topological polar surface area (TPSA) is 76.3 Å². The highest BCUT2D eigenvalue weighted by Gasteiger charge is 2.07. The number of oxazole rings is 1. The lowest BCUT2D eigenvalue weighted by Gasteiger charge is -2.06. The number of aryl methyl sites for hydroxylation is 1. The van der Waals surface area contributed by atoms with Gasteiger partial charge in [0.05, 0.1) is 5.52 Å². The predicted octanol–water partition coefficient (Wildman–Crippen LogP) is 1.66. The Hall–Kier alpha value is -2.24. The van der Waals surface area contributed by atoms with Crippen LogP contribution in [0.1, 0.15) is 13.3 Å². The number of hydrogen-bond acceptors (Lipinski definition) is 3. The lowest BCUT2D eigenvalue weighted by molar-refractivity contribution is 0.252. The SMILES string of the molecule is CCCNC(=O)Nc1ccc2oc(=O)n(C)c2c1. The van der Waals surface area contributed by atoms with Crippen LogP contribution in [0.2, 0.25) is 0 Å². The molecule has 0 unspecified atom stereocenters. The van der Waals surface area contributed by atoms with Crippen molar-refractivity contribution < 1.29 is 9.21 Å². The lowest BCUT2D eigenvalue weighted by atomic mass is 10.3. The van der Waals surface area contributed by atoms with E-state index < -0.39 is 5.76 Å². The second-order valence-corrected chi connectivity index (χ2v) is 3.99. The molecule has 2 amide bonds. The third-order valence-electron chi connectivity index (χ3n) is 2.58. The van der Waals surface area contributed by atoms with E-state index in [0.717, 1.165) is 6.42 Å². The number of anilines is 1. The maximum absolute atomic E-state index is 11.5. The third kappa shape index (κ3) is 2.37. The monoisotopic (exact) mass is 249 g/mol. The van der Waals surface area contributed by atoms with Crippen LogP contribution in [0.3, 0.4) is 0 Å². The molecule has 0 aliphatic rings. The van der Waals surface area contributed by atoms with Gasteiger partial charge in [0.1, 0.15) is 0 Å². The molecule has 0 fully saturated rings. The fourth-order valence-corrected chi connectivity index (χ4v) is 1.62. The van der Waals surface area contributed by atoms with Gasteiger partial charge >= 0.3 is 11.8 Å². The van der Waals surface area contributed by atoms with Crippen molar-refractivity contribution in [1.29, 1.82) is 0 Å². The van der Waals surface area contributed by atoms with Crippen LogP contribution in [0.25, 0.3) is 11.1 Å². The number of amides is 2. The summed E-state index contributed by atoms with van der Waals surface area (Å²) in [6.45, 7) is 2.60. The molecule has 0 aliphatic carbocycles. The molecule has 6 heteroatoms. The van der Waals surface area contributed by atoms with Gasteiger partial charge in [-0.15, -0.1) is 0 Å². The highest BCUT2D eigenvalue weighted by atomic mass is 16.4. The molecule has 0 saturated carbocycles. The summed E-state index contributed by atoms with van der Waals surface area (Å²) in [5, 5.41) is 5.40. The van der Waals surface area contributed by atoms with Gasteiger partial charge in [-0.3, -0.25) is 4.57 Å². The summed E-state index contributed by atoms with van der Waals surface area (Å²) in [4.78, 5) is 22.8. The predicted molar refractivity (Wildman–Crippen MR) is 68.8 cm³/mol. The first-order valence-corrected chi connectivity index (χ1v) is 5.76. The number of benzene rings is 1. The quantitative estimate of drug-likeness (QED) is 0.868. The summed E-state index contributed by atoms with van der Waals surface area (Å²) in [5.74, 6) is -0.419. The zero-order chi connectivity index (χ0) is 13.1. The molecule has 1 aromatic carbocycles. The first kappa shape index (κ1) is 12.2. The molecule has 0 saturated heterocycles. The van der Waals surface area contributed by atoms with E-state index in [1.54, 1.807) is 25.2 Å². The van der Waals surface area contributed by atoms with E-state index in [9.17, 15) is 9.59 Å². The Kier molecular flexibility index (Phi) is 3.36. The molecular formula is C12H15N3O3. The first-order chi connectivity index (χ1) is 8.61. The highest BCUT2D eigenvalue weighted by molar-refractivity contribution is 5.91. The van der Waals surface area contributed by atoms with Crippen molar-refractivity contribution in [2.75, 3.05) is 11.9 Å². The minimum atomic E-state index is -0.419. The molecule has 2 aromatic rings. The smallest absolute Gasteiger partial charge is 0.408 e. The van der Waals surface area contributed by atoms with Crippen LogP contribution in [0.5, 0.6) is 0 Å². The van der Waals surface area contributed by atoms with Crippen molar-refractivity contribution in [3.05, 3.63) is 28.7 Å². The number of hydrogen-bond donors (Lipinski definition) is 2. The minimum Gasteiger partial charge on any atom is -0.408 e. The van der Waals surface area contributed by atoms with Gasteiger partial charge in [-0.1, -0.05) is 6.92 Å². The Morgan fingerprint density at radius 3 is 2.94 bits per heavy atom. The van der Waals surface area contributed by atoms with E-state index in [4.69, 9.17) is 4.42 Å². The fourth-order valence-electron chi connectivity index (χ4n) is 1.62. The van der Waals surface area contributed by atoms with Crippen LogP contribution in [0, 0.1) is 0 Å². The van der Waals surface area contributed by atoms with Crippen LogP contribution >= 0.6 is 0 Å². The van der Waals surface area contributed by atoms with Gasteiger partial charge in [0.25, 0.3) is 0 Å². The summed E-state index contributed by atoms with van der Waals surface area (Å²) in [7, 11) is 1.62. The van der Waals surface area contributed by atoms with Crippen LogP contribution in [-0.2, 0) is 7.05 Å². The Morgan fingerprint density at radius 2 is 2.22 bits per heavy atom. The lowest BCUT2D eigenvalue weighted by Crippen LogP contribution is -2.29. The molecular weight excluding hydrogens is 234 g/mol. The molecule has 0 bridgehead atoms. The second kappa shape index (κ2) is 4.95. The fraction of sp³-hybridized carbons (Fsp3) is 0.333.